The van der Waals surface area contributed by atoms with Crippen LogP contribution in [0.3, 0.4) is 0 Å². The van der Waals surface area contributed by atoms with Gasteiger partial charge in [-0.1, -0.05) is 0 Å². The highest BCUT2D eigenvalue weighted by atomic mass is 32.2. The fourth-order valence-corrected chi connectivity index (χ4v) is 3.46. The van der Waals surface area contributed by atoms with Gasteiger partial charge < -0.3 is 9.47 Å². The number of nitro benzene ring substituents is 1. The zero-order valence-corrected chi connectivity index (χ0v) is 17.5. The summed E-state index contributed by atoms with van der Waals surface area (Å²) in [5.74, 6) is -0.101. The summed E-state index contributed by atoms with van der Waals surface area (Å²) in [6.07, 6.45) is 1.35. The van der Waals surface area contributed by atoms with Gasteiger partial charge in [-0.15, -0.1) is 0 Å². The summed E-state index contributed by atoms with van der Waals surface area (Å²) < 4.78 is 33.1. The lowest BCUT2D eigenvalue weighted by Gasteiger charge is -2.12. The summed E-state index contributed by atoms with van der Waals surface area (Å²) in [5, 5.41) is 21.9. The van der Waals surface area contributed by atoms with Crippen molar-refractivity contribution in [3.05, 3.63) is 57.6 Å². The Kier molecular flexibility index (Phi) is 5.77. The van der Waals surface area contributed by atoms with E-state index < -0.39 is 20.9 Å². The quantitative estimate of drug-likeness (QED) is 0.404. The van der Waals surface area contributed by atoms with Crippen LogP contribution in [0.25, 0.3) is 6.08 Å². The van der Waals surface area contributed by atoms with Gasteiger partial charge in [0.15, 0.2) is 11.5 Å². The predicted molar refractivity (Wildman–Crippen MR) is 113 cm³/mol. The smallest absolute Gasteiger partial charge is 0.280 e. The molecule has 0 radical (unpaired) electrons. The lowest BCUT2D eigenvalue weighted by Crippen LogP contribution is -2.21. The summed E-state index contributed by atoms with van der Waals surface area (Å²) in [7, 11) is -1.13. The molecule has 1 heterocycles. The standard InChI is InChI=1S/C19H18N4O7S/c1-11-15(8-12-9-17(29-2)18(30-3)10-16(12)23(25)26)19(24)22(21-11)13-4-6-14(7-5-13)31(20,27)28/h4-10H,1-3H3,(H2,20,27,28)/b15-8-. The van der Waals surface area contributed by atoms with Gasteiger partial charge in [-0.2, -0.15) is 10.1 Å². The molecule has 2 N–H and O–H groups in total. The lowest BCUT2D eigenvalue weighted by molar-refractivity contribution is -0.385. The van der Waals surface area contributed by atoms with Crippen molar-refractivity contribution >= 4 is 39.1 Å². The first-order valence-corrected chi connectivity index (χ1v) is 10.3. The van der Waals surface area contributed by atoms with E-state index >= 15 is 0 Å². The minimum atomic E-state index is -3.88. The number of hydrogen-bond acceptors (Lipinski definition) is 8. The van der Waals surface area contributed by atoms with Gasteiger partial charge in [-0.3, -0.25) is 14.9 Å². The molecule has 0 atom stereocenters. The molecular weight excluding hydrogens is 428 g/mol. The Labute approximate surface area is 177 Å². The number of hydrogen-bond donors (Lipinski definition) is 1. The van der Waals surface area contributed by atoms with Crippen molar-refractivity contribution in [2.45, 2.75) is 11.8 Å². The molecule has 0 saturated carbocycles. The van der Waals surface area contributed by atoms with E-state index in [2.05, 4.69) is 5.10 Å². The molecule has 1 amide bonds. The third kappa shape index (κ3) is 4.25. The van der Waals surface area contributed by atoms with Crippen molar-refractivity contribution in [1.29, 1.82) is 0 Å². The van der Waals surface area contributed by atoms with Crippen molar-refractivity contribution in [3.8, 4) is 11.5 Å². The molecule has 1 aliphatic rings. The Hall–Kier alpha value is -3.77. The maximum atomic E-state index is 12.9. The van der Waals surface area contributed by atoms with Crippen LogP contribution in [0.15, 0.2) is 52.0 Å². The summed E-state index contributed by atoms with van der Waals surface area (Å²) in [5.41, 5.74) is 0.617. The first-order valence-electron chi connectivity index (χ1n) is 8.72. The normalized spacial score (nSPS) is 15.2. The highest BCUT2D eigenvalue weighted by Gasteiger charge is 2.30. The molecule has 11 nitrogen and oxygen atoms in total. The van der Waals surface area contributed by atoms with Crippen LogP contribution in [0.1, 0.15) is 12.5 Å². The molecule has 0 aromatic heterocycles. The van der Waals surface area contributed by atoms with Crippen LogP contribution in [-0.2, 0) is 14.8 Å². The number of sulfonamides is 1. The number of anilines is 1. The molecule has 12 heteroatoms. The fourth-order valence-electron chi connectivity index (χ4n) is 2.95. The number of nitrogens with zero attached hydrogens (tertiary/aromatic N) is 3. The Morgan fingerprint density at radius 3 is 2.23 bits per heavy atom. The summed E-state index contributed by atoms with van der Waals surface area (Å²) in [6, 6.07) is 7.88. The second-order valence-corrected chi connectivity index (χ2v) is 7.98. The minimum absolute atomic E-state index is 0.111. The molecule has 2 aromatic rings. The number of rotatable bonds is 6. The largest absolute Gasteiger partial charge is 0.493 e. The predicted octanol–water partition coefficient (Wildman–Crippen LogP) is 2.07. The molecule has 0 saturated heterocycles. The topological polar surface area (TPSA) is 154 Å². The van der Waals surface area contributed by atoms with Crippen LogP contribution >= 0.6 is 0 Å². The maximum Gasteiger partial charge on any atom is 0.280 e. The number of nitrogens with two attached hydrogens (primary N) is 1. The van der Waals surface area contributed by atoms with Gasteiger partial charge in [0.25, 0.3) is 11.6 Å². The average molecular weight is 446 g/mol. The Morgan fingerprint density at radius 1 is 1.13 bits per heavy atom. The van der Waals surface area contributed by atoms with E-state index in [0.29, 0.717) is 11.4 Å². The molecule has 3 rings (SSSR count). The zero-order valence-electron chi connectivity index (χ0n) is 16.7. The van der Waals surface area contributed by atoms with Gasteiger partial charge in [-0.25, -0.2) is 13.6 Å². The molecule has 162 valence electrons. The number of carbonyl (C=O) groups is 1. The van der Waals surface area contributed by atoms with Crippen LogP contribution in [0.4, 0.5) is 11.4 Å². The molecule has 0 bridgehead atoms. The van der Waals surface area contributed by atoms with Crippen molar-refractivity contribution in [2.75, 3.05) is 19.2 Å². The van der Waals surface area contributed by atoms with Crippen LogP contribution in [0, 0.1) is 10.1 Å². The summed E-state index contributed by atoms with van der Waals surface area (Å²) in [6.45, 7) is 1.58. The molecule has 2 aromatic carbocycles. The van der Waals surface area contributed by atoms with Gasteiger partial charge in [0, 0.05) is 0 Å². The molecule has 1 aliphatic heterocycles. The fraction of sp³-hybridized carbons (Fsp3) is 0.158. The van der Waals surface area contributed by atoms with Crippen LogP contribution in [0.2, 0.25) is 0 Å². The Balaban J connectivity index is 2.03. The second kappa shape index (κ2) is 8.16. The molecule has 31 heavy (non-hydrogen) atoms. The number of amides is 1. The molecule has 0 spiro atoms. The highest BCUT2D eigenvalue weighted by Crippen LogP contribution is 2.36. The van der Waals surface area contributed by atoms with Crippen LogP contribution < -0.4 is 19.6 Å². The van der Waals surface area contributed by atoms with E-state index in [1.165, 1.54) is 56.7 Å². The van der Waals surface area contributed by atoms with E-state index in [0.717, 1.165) is 5.01 Å². The van der Waals surface area contributed by atoms with Gasteiger partial charge >= 0.3 is 0 Å². The van der Waals surface area contributed by atoms with Gasteiger partial charge in [-0.05, 0) is 43.3 Å². The van der Waals surface area contributed by atoms with Crippen molar-refractivity contribution in [1.82, 2.24) is 0 Å². The average Bonchev–Trinajstić information content (AvgIpc) is 3.00. The lowest BCUT2D eigenvalue weighted by atomic mass is 10.0. The van der Waals surface area contributed by atoms with E-state index in [-0.39, 0.29) is 33.2 Å². The minimum Gasteiger partial charge on any atom is -0.493 e. The third-order valence-electron chi connectivity index (χ3n) is 4.50. The summed E-state index contributed by atoms with van der Waals surface area (Å²) in [4.78, 5) is 23.8. The highest BCUT2D eigenvalue weighted by molar-refractivity contribution is 7.89. The van der Waals surface area contributed by atoms with E-state index in [9.17, 15) is 23.3 Å². The van der Waals surface area contributed by atoms with Crippen LogP contribution in [0.5, 0.6) is 11.5 Å². The van der Waals surface area contributed by atoms with E-state index in [4.69, 9.17) is 14.6 Å². The first kappa shape index (κ1) is 21.9. The number of benzene rings is 2. The zero-order chi connectivity index (χ0) is 22.9. The molecule has 0 unspecified atom stereocenters. The van der Waals surface area contributed by atoms with Crippen molar-refractivity contribution in [3.63, 3.8) is 0 Å². The Bertz CT molecular complexity index is 1230. The SMILES string of the molecule is COc1cc(/C=C2\C(=O)N(c3ccc(S(N)(=O)=O)cc3)N=C2C)c([N+](=O)[O-])cc1OC. The van der Waals surface area contributed by atoms with E-state index in [1.807, 2.05) is 0 Å². The first-order chi connectivity index (χ1) is 14.6. The number of methoxy groups -OCH3 is 2. The molecule has 0 aliphatic carbocycles. The van der Waals surface area contributed by atoms with E-state index in [1.54, 1.807) is 6.92 Å². The van der Waals surface area contributed by atoms with Gasteiger partial charge in [0.05, 0.1) is 52.6 Å². The third-order valence-corrected chi connectivity index (χ3v) is 5.43. The number of ether oxygens (including phenoxy) is 2. The van der Waals surface area contributed by atoms with Crippen molar-refractivity contribution in [2.24, 2.45) is 10.2 Å². The van der Waals surface area contributed by atoms with Crippen molar-refractivity contribution < 1.29 is 27.6 Å². The summed E-state index contributed by atoms with van der Waals surface area (Å²) >= 11 is 0. The van der Waals surface area contributed by atoms with Gasteiger partial charge in [0.2, 0.25) is 10.0 Å². The Morgan fingerprint density at radius 2 is 1.71 bits per heavy atom. The number of primary sulfonamides is 1. The number of nitro groups is 1. The van der Waals surface area contributed by atoms with Gasteiger partial charge in [0.1, 0.15) is 0 Å². The maximum absolute atomic E-state index is 12.9. The second-order valence-electron chi connectivity index (χ2n) is 6.42. The monoisotopic (exact) mass is 446 g/mol. The van der Waals surface area contributed by atoms with Crippen LogP contribution in [-0.4, -0.2) is 39.2 Å². The molecular formula is C19H18N4O7S. The number of hydrazone groups is 1. The molecule has 0 fully saturated rings. The number of carbonyl (C=O) groups excluding carboxylic acids is 1.